The van der Waals surface area contributed by atoms with E-state index in [9.17, 15) is 0 Å². The molecule has 2 heterocycles. The molecule has 1 fully saturated rings. The maximum atomic E-state index is 4.89. The molecule has 0 radical (unpaired) electrons. The number of rotatable bonds is 7. The number of nitrogens with zero attached hydrogens (tertiary/aromatic N) is 4. The Bertz CT molecular complexity index is 663. The van der Waals surface area contributed by atoms with Crippen LogP contribution < -0.4 is 10.2 Å². The van der Waals surface area contributed by atoms with E-state index in [-0.39, 0.29) is 0 Å². The molecule has 2 aromatic rings. The number of hydrogen-bond donors (Lipinski definition) is 1. The molecule has 0 bridgehead atoms. The summed E-state index contributed by atoms with van der Waals surface area (Å²) in [7, 11) is 4.21. The second kappa shape index (κ2) is 9.53. The molecule has 1 aliphatic rings. The topological polar surface area (TPSA) is 44.3 Å². The third kappa shape index (κ3) is 5.43. The average molecular weight is 354 g/mol. The predicted octanol–water partition coefficient (Wildman–Crippen LogP) is 3.89. The van der Waals surface area contributed by atoms with Gasteiger partial charge in [0.2, 0.25) is 5.95 Å². The summed E-state index contributed by atoms with van der Waals surface area (Å²) in [6.45, 7) is 4.10. The standard InChI is InChI=1S/C21H31N5/c1-25(2)14-10-13-22-20-17-19(18-11-6-5-7-12-18)23-21(24-20)26-15-8-3-4-9-16-26/h5-7,11-12,17H,3-4,8-10,13-16H2,1-2H3,(H,22,23,24). The molecule has 0 aliphatic carbocycles. The van der Waals surface area contributed by atoms with Gasteiger partial charge in [0.1, 0.15) is 5.82 Å². The minimum atomic E-state index is 0.864. The van der Waals surface area contributed by atoms with Crippen LogP contribution in [0.1, 0.15) is 32.1 Å². The normalized spacial score (nSPS) is 15.1. The molecule has 1 aliphatic heterocycles. The molecule has 1 N–H and O–H groups in total. The Labute approximate surface area is 157 Å². The molecular formula is C21H31N5. The maximum absolute atomic E-state index is 4.89. The van der Waals surface area contributed by atoms with Crippen molar-refractivity contribution < 1.29 is 0 Å². The zero-order chi connectivity index (χ0) is 18.2. The summed E-state index contributed by atoms with van der Waals surface area (Å²) in [5, 5.41) is 3.50. The molecular weight excluding hydrogens is 322 g/mol. The lowest BCUT2D eigenvalue weighted by Crippen LogP contribution is -2.26. The van der Waals surface area contributed by atoms with Gasteiger partial charge in [-0.05, 0) is 39.9 Å². The largest absolute Gasteiger partial charge is 0.370 e. The van der Waals surface area contributed by atoms with Crippen molar-refractivity contribution >= 4 is 11.8 Å². The fourth-order valence-corrected chi connectivity index (χ4v) is 3.31. The lowest BCUT2D eigenvalue weighted by atomic mass is 10.1. The van der Waals surface area contributed by atoms with E-state index in [1.165, 1.54) is 25.7 Å². The SMILES string of the molecule is CN(C)CCCNc1cc(-c2ccccc2)nc(N2CCCCCC2)n1. The van der Waals surface area contributed by atoms with Crippen LogP contribution in [-0.4, -0.2) is 55.1 Å². The van der Waals surface area contributed by atoms with Crippen LogP contribution in [0.2, 0.25) is 0 Å². The zero-order valence-corrected chi connectivity index (χ0v) is 16.1. The Morgan fingerprint density at radius 3 is 2.42 bits per heavy atom. The Balaban J connectivity index is 1.81. The third-order valence-corrected chi connectivity index (χ3v) is 4.76. The Hall–Kier alpha value is -2.14. The van der Waals surface area contributed by atoms with Gasteiger partial charge in [0.25, 0.3) is 0 Å². The Kier molecular flexibility index (Phi) is 6.83. The smallest absolute Gasteiger partial charge is 0.227 e. The molecule has 1 aromatic carbocycles. The molecule has 0 spiro atoms. The van der Waals surface area contributed by atoms with Crippen molar-refractivity contribution in [3.63, 3.8) is 0 Å². The third-order valence-electron chi connectivity index (χ3n) is 4.76. The van der Waals surface area contributed by atoms with Crippen LogP contribution >= 0.6 is 0 Å². The number of anilines is 2. The first-order chi connectivity index (χ1) is 12.7. The van der Waals surface area contributed by atoms with E-state index in [2.05, 4.69) is 59.5 Å². The van der Waals surface area contributed by atoms with Gasteiger partial charge < -0.3 is 15.1 Å². The molecule has 0 atom stereocenters. The van der Waals surface area contributed by atoms with Crippen LogP contribution in [-0.2, 0) is 0 Å². The van der Waals surface area contributed by atoms with Crippen molar-refractivity contribution in [1.82, 2.24) is 14.9 Å². The summed E-state index contributed by atoms with van der Waals surface area (Å²) < 4.78 is 0. The quantitative estimate of drug-likeness (QED) is 0.765. The fourth-order valence-electron chi connectivity index (χ4n) is 3.31. The summed E-state index contributed by atoms with van der Waals surface area (Å²) in [6, 6.07) is 12.5. The van der Waals surface area contributed by atoms with Gasteiger partial charge >= 0.3 is 0 Å². The van der Waals surface area contributed by atoms with Crippen LogP contribution in [0.25, 0.3) is 11.3 Å². The van der Waals surface area contributed by atoms with Gasteiger partial charge in [0, 0.05) is 31.3 Å². The monoisotopic (exact) mass is 353 g/mol. The van der Waals surface area contributed by atoms with E-state index >= 15 is 0 Å². The molecule has 0 amide bonds. The van der Waals surface area contributed by atoms with E-state index in [1.807, 2.05) is 6.07 Å². The number of aromatic nitrogens is 2. The highest BCUT2D eigenvalue weighted by atomic mass is 15.3. The van der Waals surface area contributed by atoms with Gasteiger partial charge in [-0.2, -0.15) is 4.98 Å². The molecule has 5 heteroatoms. The molecule has 0 saturated carbocycles. The van der Waals surface area contributed by atoms with Crippen molar-refractivity contribution in [2.45, 2.75) is 32.1 Å². The van der Waals surface area contributed by atoms with Crippen molar-refractivity contribution in [2.75, 3.05) is 50.5 Å². The Morgan fingerprint density at radius 2 is 1.73 bits per heavy atom. The minimum absolute atomic E-state index is 0.864. The first-order valence-corrected chi connectivity index (χ1v) is 9.80. The lowest BCUT2D eigenvalue weighted by Gasteiger charge is -2.22. The van der Waals surface area contributed by atoms with E-state index in [0.717, 1.165) is 55.6 Å². The molecule has 0 unspecified atom stereocenters. The lowest BCUT2D eigenvalue weighted by molar-refractivity contribution is 0.405. The van der Waals surface area contributed by atoms with Crippen molar-refractivity contribution in [3.05, 3.63) is 36.4 Å². The summed E-state index contributed by atoms with van der Waals surface area (Å²) in [5.74, 6) is 1.79. The number of hydrogen-bond acceptors (Lipinski definition) is 5. The molecule has 140 valence electrons. The Morgan fingerprint density at radius 1 is 1.00 bits per heavy atom. The van der Waals surface area contributed by atoms with Crippen molar-refractivity contribution in [2.24, 2.45) is 0 Å². The molecule has 1 saturated heterocycles. The van der Waals surface area contributed by atoms with Crippen molar-refractivity contribution in [1.29, 1.82) is 0 Å². The van der Waals surface area contributed by atoms with Gasteiger partial charge in [0.05, 0.1) is 5.69 Å². The van der Waals surface area contributed by atoms with Crippen molar-refractivity contribution in [3.8, 4) is 11.3 Å². The van der Waals surface area contributed by atoms with Crippen LogP contribution in [0.4, 0.5) is 11.8 Å². The zero-order valence-electron chi connectivity index (χ0n) is 16.1. The first-order valence-electron chi connectivity index (χ1n) is 9.80. The predicted molar refractivity (Wildman–Crippen MR) is 110 cm³/mol. The van der Waals surface area contributed by atoms with Crippen LogP contribution in [0.5, 0.6) is 0 Å². The highest BCUT2D eigenvalue weighted by Crippen LogP contribution is 2.24. The van der Waals surface area contributed by atoms with Crippen LogP contribution in [0.15, 0.2) is 36.4 Å². The van der Waals surface area contributed by atoms with Gasteiger partial charge in [-0.25, -0.2) is 4.98 Å². The van der Waals surface area contributed by atoms with Gasteiger partial charge in [-0.15, -0.1) is 0 Å². The number of benzene rings is 1. The summed E-state index contributed by atoms with van der Waals surface area (Å²) in [4.78, 5) is 14.3. The second-order valence-electron chi connectivity index (χ2n) is 7.29. The summed E-state index contributed by atoms with van der Waals surface area (Å²) >= 11 is 0. The molecule has 26 heavy (non-hydrogen) atoms. The van der Waals surface area contributed by atoms with Crippen LogP contribution in [0.3, 0.4) is 0 Å². The highest BCUT2D eigenvalue weighted by Gasteiger charge is 2.15. The van der Waals surface area contributed by atoms with Crippen LogP contribution in [0, 0.1) is 0 Å². The average Bonchev–Trinajstić information content (AvgIpc) is 2.95. The number of nitrogens with one attached hydrogen (secondary N) is 1. The fraction of sp³-hybridized carbons (Fsp3) is 0.524. The van der Waals surface area contributed by atoms with Gasteiger partial charge in [0.15, 0.2) is 0 Å². The minimum Gasteiger partial charge on any atom is -0.370 e. The first kappa shape index (κ1) is 18.6. The summed E-state index contributed by atoms with van der Waals surface area (Å²) in [5.41, 5.74) is 2.14. The maximum Gasteiger partial charge on any atom is 0.227 e. The van der Waals surface area contributed by atoms with E-state index < -0.39 is 0 Å². The van der Waals surface area contributed by atoms with E-state index in [1.54, 1.807) is 0 Å². The molecule has 3 rings (SSSR count). The molecule has 5 nitrogen and oxygen atoms in total. The van der Waals surface area contributed by atoms with Gasteiger partial charge in [-0.1, -0.05) is 43.2 Å². The van der Waals surface area contributed by atoms with E-state index in [4.69, 9.17) is 9.97 Å². The molecule has 1 aromatic heterocycles. The highest BCUT2D eigenvalue weighted by molar-refractivity contribution is 5.64. The summed E-state index contributed by atoms with van der Waals surface area (Å²) in [6.07, 6.45) is 6.17. The van der Waals surface area contributed by atoms with E-state index in [0.29, 0.717) is 0 Å². The van der Waals surface area contributed by atoms with Gasteiger partial charge in [-0.3, -0.25) is 0 Å². The second-order valence-corrected chi connectivity index (χ2v) is 7.29.